The zero-order valence-corrected chi connectivity index (χ0v) is 14.0. The number of rotatable bonds is 6. The topological polar surface area (TPSA) is 64.0 Å². The lowest BCUT2D eigenvalue weighted by Crippen LogP contribution is -2.31. The molecule has 6 heteroatoms. The highest BCUT2D eigenvalue weighted by Crippen LogP contribution is 2.16. The molecule has 5 nitrogen and oxygen atoms in total. The van der Waals surface area contributed by atoms with Crippen LogP contribution < -0.4 is 10.9 Å². The predicted molar refractivity (Wildman–Crippen MR) is 90.7 cm³/mol. The van der Waals surface area contributed by atoms with Gasteiger partial charge in [-0.15, -0.1) is 0 Å². The number of hydrogen-bond donors (Lipinski definition) is 1. The molecule has 1 amide bonds. The van der Waals surface area contributed by atoms with Crippen LogP contribution in [0.4, 0.5) is 0 Å². The van der Waals surface area contributed by atoms with Gasteiger partial charge in [0.25, 0.3) is 11.5 Å². The number of aryl methyl sites for hydroxylation is 1. The van der Waals surface area contributed by atoms with Gasteiger partial charge in [0.1, 0.15) is 5.69 Å². The number of carbonyl (C=O) groups excluding carboxylic acids is 1. The highest BCUT2D eigenvalue weighted by molar-refractivity contribution is 6.30. The summed E-state index contributed by atoms with van der Waals surface area (Å²) in [5.74, 6) is -0.308. The van der Waals surface area contributed by atoms with Crippen LogP contribution in [0.25, 0.3) is 0 Å². The summed E-state index contributed by atoms with van der Waals surface area (Å²) >= 11 is 5.86. The monoisotopic (exact) mass is 333 g/mol. The molecule has 1 atom stereocenters. The molecule has 0 spiro atoms. The molecule has 0 aliphatic rings. The summed E-state index contributed by atoms with van der Waals surface area (Å²) in [6, 6.07) is 9.94. The van der Waals surface area contributed by atoms with Gasteiger partial charge < -0.3 is 5.32 Å². The van der Waals surface area contributed by atoms with Crippen molar-refractivity contribution in [1.29, 1.82) is 0 Å². The van der Waals surface area contributed by atoms with Crippen molar-refractivity contribution >= 4 is 17.5 Å². The van der Waals surface area contributed by atoms with Crippen LogP contribution in [0.5, 0.6) is 0 Å². The number of amides is 1. The average Bonchev–Trinajstić information content (AvgIpc) is 2.54. The molecule has 0 saturated carbocycles. The summed E-state index contributed by atoms with van der Waals surface area (Å²) in [4.78, 5) is 24.0. The van der Waals surface area contributed by atoms with Gasteiger partial charge in [0.15, 0.2) is 0 Å². The Bertz CT molecular complexity index is 725. The summed E-state index contributed by atoms with van der Waals surface area (Å²) in [7, 11) is 0. The fraction of sp³-hybridized carbons (Fsp3) is 0.353. The molecule has 0 saturated heterocycles. The highest BCUT2D eigenvalue weighted by atomic mass is 35.5. The molecule has 2 rings (SSSR count). The van der Waals surface area contributed by atoms with E-state index < -0.39 is 0 Å². The predicted octanol–water partition coefficient (Wildman–Crippen LogP) is 3.19. The van der Waals surface area contributed by atoms with Gasteiger partial charge in [0.2, 0.25) is 0 Å². The summed E-state index contributed by atoms with van der Waals surface area (Å²) in [5, 5.41) is 7.67. The third-order valence-corrected chi connectivity index (χ3v) is 3.79. The number of halogens is 1. The van der Waals surface area contributed by atoms with E-state index in [9.17, 15) is 9.59 Å². The van der Waals surface area contributed by atoms with Crippen LogP contribution in [0.3, 0.4) is 0 Å². The Morgan fingerprint density at radius 3 is 2.61 bits per heavy atom. The van der Waals surface area contributed by atoms with E-state index in [-0.39, 0.29) is 23.2 Å². The van der Waals surface area contributed by atoms with Crippen LogP contribution in [0.15, 0.2) is 41.2 Å². The molecule has 1 aromatic carbocycles. The molecule has 1 heterocycles. The Kier molecular flexibility index (Phi) is 5.93. The normalized spacial score (nSPS) is 12.0. The Morgan fingerprint density at radius 1 is 1.26 bits per heavy atom. The van der Waals surface area contributed by atoms with Gasteiger partial charge in [-0.2, -0.15) is 5.10 Å². The van der Waals surface area contributed by atoms with E-state index >= 15 is 0 Å². The Morgan fingerprint density at radius 2 is 1.96 bits per heavy atom. The SMILES string of the molecule is CCCCn1nc(C(=O)NC(C)c2ccc(Cl)cc2)ccc1=O. The molecule has 0 aliphatic carbocycles. The molecule has 0 aliphatic heterocycles. The number of unbranched alkanes of at least 4 members (excludes halogenated alkanes) is 1. The summed E-state index contributed by atoms with van der Waals surface area (Å²) in [6.45, 7) is 4.44. The van der Waals surface area contributed by atoms with Crippen LogP contribution in [0.1, 0.15) is 48.8 Å². The average molecular weight is 334 g/mol. The molecule has 1 aromatic heterocycles. The Balaban J connectivity index is 2.10. The smallest absolute Gasteiger partial charge is 0.272 e. The Hall–Kier alpha value is -2.14. The van der Waals surface area contributed by atoms with Crippen LogP contribution >= 0.6 is 11.6 Å². The number of hydrogen-bond acceptors (Lipinski definition) is 3. The highest BCUT2D eigenvalue weighted by Gasteiger charge is 2.14. The maximum absolute atomic E-state index is 12.3. The molecule has 1 unspecified atom stereocenters. The van der Waals surface area contributed by atoms with E-state index in [2.05, 4.69) is 10.4 Å². The number of benzene rings is 1. The van der Waals surface area contributed by atoms with E-state index in [0.29, 0.717) is 11.6 Å². The number of nitrogens with one attached hydrogen (secondary N) is 1. The minimum atomic E-state index is -0.308. The van der Waals surface area contributed by atoms with Crippen LogP contribution in [-0.4, -0.2) is 15.7 Å². The summed E-state index contributed by atoms with van der Waals surface area (Å²) in [5.41, 5.74) is 0.990. The maximum Gasteiger partial charge on any atom is 0.272 e. The van der Waals surface area contributed by atoms with E-state index in [1.54, 1.807) is 12.1 Å². The van der Waals surface area contributed by atoms with Crippen molar-refractivity contribution in [2.75, 3.05) is 0 Å². The van der Waals surface area contributed by atoms with Crippen molar-refractivity contribution < 1.29 is 4.79 Å². The van der Waals surface area contributed by atoms with Crippen molar-refractivity contribution in [3.63, 3.8) is 0 Å². The Labute approximate surface area is 140 Å². The first kappa shape index (κ1) is 17.2. The van der Waals surface area contributed by atoms with E-state index in [0.717, 1.165) is 18.4 Å². The van der Waals surface area contributed by atoms with Gasteiger partial charge in [-0.3, -0.25) is 9.59 Å². The molecule has 122 valence electrons. The van der Waals surface area contributed by atoms with Gasteiger partial charge in [-0.25, -0.2) is 4.68 Å². The van der Waals surface area contributed by atoms with Gasteiger partial charge >= 0.3 is 0 Å². The molecule has 23 heavy (non-hydrogen) atoms. The fourth-order valence-electron chi connectivity index (χ4n) is 2.14. The molecular formula is C17H20ClN3O2. The third-order valence-electron chi connectivity index (χ3n) is 3.54. The second-order valence-electron chi connectivity index (χ2n) is 5.38. The molecule has 0 fully saturated rings. The quantitative estimate of drug-likeness (QED) is 0.883. The second kappa shape index (κ2) is 7.92. The molecular weight excluding hydrogens is 314 g/mol. The lowest BCUT2D eigenvalue weighted by Gasteiger charge is -2.14. The minimum absolute atomic E-state index is 0.183. The minimum Gasteiger partial charge on any atom is -0.344 e. The van der Waals surface area contributed by atoms with Crippen LogP contribution in [-0.2, 0) is 6.54 Å². The van der Waals surface area contributed by atoms with Crippen molar-refractivity contribution in [2.24, 2.45) is 0 Å². The van der Waals surface area contributed by atoms with Crippen LogP contribution in [0.2, 0.25) is 5.02 Å². The van der Waals surface area contributed by atoms with Crippen molar-refractivity contribution in [1.82, 2.24) is 15.1 Å². The maximum atomic E-state index is 12.3. The van der Waals surface area contributed by atoms with E-state index in [4.69, 9.17) is 11.6 Å². The fourth-order valence-corrected chi connectivity index (χ4v) is 2.27. The molecule has 0 bridgehead atoms. The molecule has 1 N–H and O–H groups in total. The van der Waals surface area contributed by atoms with Gasteiger partial charge in [-0.05, 0) is 37.1 Å². The third kappa shape index (κ3) is 4.66. The number of aromatic nitrogens is 2. The van der Waals surface area contributed by atoms with Crippen LogP contribution in [0, 0.1) is 0 Å². The zero-order chi connectivity index (χ0) is 16.8. The molecule has 0 radical (unpaired) electrons. The van der Waals surface area contributed by atoms with Crippen molar-refractivity contribution in [3.05, 3.63) is 63.0 Å². The lowest BCUT2D eigenvalue weighted by atomic mass is 10.1. The first-order valence-electron chi connectivity index (χ1n) is 7.65. The number of nitrogens with zero attached hydrogens (tertiary/aromatic N) is 2. The standard InChI is InChI=1S/C17H20ClN3O2/c1-3-4-11-21-16(22)10-9-15(20-21)17(23)19-12(2)13-5-7-14(18)8-6-13/h5-10,12H,3-4,11H2,1-2H3,(H,19,23). The van der Waals surface area contributed by atoms with Gasteiger partial charge in [0.05, 0.1) is 6.04 Å². The second-order valence-corrected chi connectivity index (χ2v) is 5.82. The van der Waals surface area contributed by atoms with Gasteiger partial charge in [-0.1, -0.05) is 37.1 Å². The summed E-state index contributed by atoms with van der Waals surface area (Å²) in [6.07, 6.45) is 1.80. The molecule has 2 aromatic rings. The van der Waals surface area contributed by atoms with Crippen molar-refractivity contribution in [2.45, 2.75) is 39.3 Å². The summed E-state index contributed by atoms with van der Waals surface area (Å²) < 4.78 is 1.34. The number of carbonyl (C=O) groups is 1. The zero-order valence-electron chi connectivity index (χ0n) is 13.3. The van der Waals surface area contributed by atoms with E-state index in [1.807, 2.05) is 26.0 Å². The lowest BCUT2D eigenvalue weighted by molar-refractivity contribution is 0.0932. The van der Waals surface area contributed by atoms with Gasteiger partial charge in [0, 0.05) is 17.6 Å². The van der Waals surface area contributed by atoms with Crippen molar-refractivity contribution in [3.8, 4) is 0 Å². The first-order valence-corrected chi connectivity index (χ1v) is 8.03. The first-order chi connectivity index (χ1) is 11.0. The van der Waals surface area contributed by atoms with E-state index in [1.165, 1.54) is 16.8 Å². The largest absolute Gasteiger partial charge is 0.344 e.